The molecule has 2 aromatic rings. The number of aliphatic hydroxyl groups is 2. The van der Waals surface area contributed by atoms with Crippen molar-refractivity contribution in [3.8, 4) is 11.5 Å². The highest BCUT2D eigenvalue weighted by Crippen LogP contribution is 2.22. The second kappa shape index (κ2) is 22.1. The highest BCUT2D eigenvalue weighted by atomic mass is 79.9. The highest BCUT2D eigenvalue weighted by molar-refractivity contribution is 9.69. The van der Waals surface area contributed by atoms with E-state index >= 15 is 0 Å². The molecule has 34 heavy (non-hydrogen) atoms. The molecule has 0 aliphatic rings. The summed E-state index contributed by atoms with van der Waals surface area (Å²) in [5.74, 6) is -0.447. The molecule has 194 valence electrons. The van der Waals surface area contributed by atoms with Crippen LogP contribution in [-0.4, -0.2) is 58.1 Å². The number of methoxy groups -OCH3 is 1. The Morgan fingerprint density at radius 3 is 1.68 bits per heavy atom. The third kappa shape index (κ3) is 17.3. The van der Waals surface area contributed by atoms with Gasteiger partial charge in [-0.25, -0.2) is 8.78 Å². The Hall–Kier alpha value is -0.175. The molecule has 0 aromatic heterocycles. The quantitative estimate of drug-likeness (QED) is 0.193. The minimum Gasteiger partial charge on any atom is -0.508 e. The summed E-state index contributed by atoms with van der Waals surface area (Å²) in [6.45, 7) is 0.560. The molecule has 0 heterocycles. The molecule has 14 heteroatoms. The van der Waals surface area contributed by atoms with Gasteiger partial charge in [-0.15, -0.1) is 70.5 Å². The topological polar surface area (TPSA) is 94.0 Å². The largest absolute Gasteiger partial charge is 0.508 e. The summed E-state index contributed by atoms with van der Waals surface area (Å²) >= 11 is 18.8. The Morgan fingerprint density at radius 2 is 1.29 bits per heavy atom. The first-order valence-corrected chi connectivity index (χ1v) is 13.3. The number of alkyl halides is 2. The molecule has 0 aliphatic heterocycles. The normalized spacial score (nSPS) is 11.4. The highest BCUT2D eigenvalue weighted by Gasteiger charge is 2.13. The van der Waals surface area contributed by atoms with Crippen LogP contribution in [0.15, 0.2) is 36.4 Å². The van der Waals surface area contributed by atoms with E-state index in [0.717, 1.165) is 6.07 Å². The Morgan fingerprint density at radius 1 is 0.912 bits per heavy atom. The number of halogens is 7. The number of rotatable bonds is 7. The van der Waals surface area contributed by atoms with Gasteiger partial charge in [-0.1, -0.05) is 0 Å². The predicted octanol–water partition coefficient (Wildman–Crippen LogP) is 5.45. The van der Waals surface area contributed by atoms with Crippen LogP contribution in [0.4, 0.5) is 8.78 Å². The van der Waals surface area contributed by atoms with Gasteiger partial charge in [0, 0.05) is 24.2 Å². The fraction of sp³-hybridized carbons (Fsp3) is 0.400. The number of phenolic OH excluding ortho intramolecular Hbond substituents is 1. The molecule has 0 saturated heterocycles. The van der Waals surface area contributed by atoms with Crippen LogP contribution in [0.5, 0.6) is 11.5 Å². The number of likely N-dealkylation sites (N-methyl/N-ethyl adjacent to an activating group) is 2. The maximum absolute atomic E-state index is 13.2. The van der Waals surface area contributed by atoms with Crippen molar-refractivity contribution in [3.05, 3.63) is 59.2 Å². The lowest BCUT2D eigenvalue weighted by Gasteiger charge is -2.12. The first kappa shape index (κ1) is 36.0. The number of nitrogens with one attached hydrogen (secondary N) is 2. The number of hydrogen-bond acceptors (Lipinski definition) is 6. The van der Waals surface area contributed by atoms with Gasteiger partial charge in [-0.3, -0.25) is 0 Å². The van der Waals surface area contributed by atoms with Crippen LogP contribution >= 0.6 is 70.5 Å². The first-order chi connectivity index (χ1) is 16.0. The van der Waals surface area contributed by atoms with Crippen LogP contribution in [0.1, 0.15) is 23.3 Å². The van der Waals surface area contributed by atoms with Crippen molar-refractivity contribution in [2.24, 2.45) is 0 Å². The molecular formula is C20H28BBr3Cl2F2N2O4. The Labute approximate surface area is 234 Å². The summed E-state index contributed by atoms with van der Waals surface area (Å²) in [5, 5.41) is 33.7. The third-order valence-electron chi connectivity index (χ3n) is 3.70. The lowest BCUT2D eigenvalue weighted by molar-refractivity contribution is 0.172. The molecule has 0 saturated carbocycles. The summed E-state index contributed by atoms with van der Waals surface area (Å²) in [6, 6.07) is 7.89. The second-order valence-electron chi connectivity index (χ2n) is 6.09. The Balaban J connectivity index is 0. The summed E-state index contributed by atoms with van der Waals surface area (Å²) in [4.78, 5) is 0. The van der Waals surface area contributed by atoms with Gasteiger partial charge < -0.3 is 30.7 Å². The van der Waals surface area contributed by atoms with Gasteiger partial charge in [0.05, 0.1) is 24.7 Å². The van der Waals surface area contributed by atoms with E-state index in [9.17, 15) is 19.0 Å². The zero-order chi connectivity index (χ0) is 26.7. The lowest BCUT2D eigenvalue weighted by Crippen LogP contribution is -2.17. The smallest absolute Gasteiger partial charge is 0.369 e. The van der Waals surface area contributed by atoms with Crippen molar-refractivity contribution in [1.29, 1.82) is 0 Å². The van der Waals surface area contributed by atoms with Crippen LogP contribution in [0.2, 0.25) is 0 Å². The van der Waals surface area contributed by atoms with E-state index in [4.69, 9.17) is 33.0 Å². The maximum Gasteiger partial charge on any atom is 0.369 e. The molecule has 0 fully saturated rings. The van der Waals surface area contributed by atoms with Crippen molar-refractivity contribution in [2.45, 2.75) is 12.2 Å². The van der Waals surface area contributed by atoms with E-state index in [1.165, 1.54) is 37.4 Å². The number of aliphatic hydroxyl groups excluding tert-OH is 2. The monoisotopic (exact) mass is 716 g/mol. The lowest BCUT2D eigenvalue weighted by atomic mass is 10.1. The van der Waals surface area contributed by atoms with Crippen molar-refractivity contribution in [2.75, 3.05) is 39.6 Å². The summed E-state index contributed by atoms with van der Waals surface area (Å²) in [7, 11) is 4.85. The van der Waals surface area contributed by atoms with Gasteiger partial charge >= 0.3 is 3.18 Å². The molecule has 2 aromatic carbocycles. The van der Waals surface area contributed by atoms with E-state index in [-0.39, 0.29) is 31.9 Å². The summed E-state index contributed by atoms with van der Waals surface area (Å²) < 4.78 is 31.5. The van der Waals surface area contributed by atoms with Crippen LogP contribution < -0.4 is 15.4 Å². The minimum atomic E-state index is -0.933. The predicted molar refractivity (Wildman–Crippen MR) is 148 cm³/mol. The van der Waals surface area contributed by atoms with E-state index in [2.05, 4.69) is 57.9 Å². The zero-order valence-corrected chi connectivity index (χ0v) is 25.0. The van der Waals surface area contributed by atoms with Gasteiger partial charge in [0.1, 0.15) is 23.1 Å². The number of phenols is 1. The average Bonchev–Trinajstić information content (AvgIpc) is 2.76. The van der Waals surface area contributed by atoms with Crippen LogP contribution in [0.25, 0.3) is 0 Å². The van der Waals surface area contributed by atoms with Crippen molar-refractivity contribution >= 4 is 73.7 Å². The SMILES string of the molecule is BrB(Br)Br.CNC[C@H](O)c1cc(O)ccc1F.CNC[C@H](O)c1cc(OC)ccc1F.ClCCl. The van der Waals surface area contributed by atoms with Crippen LogP contribution in [0.3, 0.4) is 0 Å². The van der Waals surface area contributed by atoms with E-state index < -0.39 is 23.8 Å². The molecule has 0 bridgehead atoms. The molecule has 0 radical (unpaired) electrons. The van der Waals surface area contributed by atoms with Gasteiger partial charge in [0.15, 0.2) is 0 Å². The molecule has 2 rings (SSSR count). The molecule has 0 spiro atoms. The number of ether oxygens (including phenoxy) is 1. The second-order valence-corrected chi connectivity index (χ2v) is 13.3. The van der Waals surface area contributed by atoms with Crippen LogP contribution in [-0.2, 0) is 0 Å². The molecular weight excluding hydrogens is 692 g/mol. The minimum absolute atomic E-state index is 0.0495. The average molecular weight is 720 g/mol. The van der Waals surface area contributed by atoms with Crippen molar-refractivity contribution < 1.29 is 28.8 Å². The molecule has 6 nitrogen and oxygen atoms in total. The number of benzene rings is 2. The summed E-state index contributed by atoms with van der Waals surface area (Å²) in [5.41, 5.74) is 0.355. The molecule has 2 atom stereocenters. The van der Waals surface area contributed by atoms with Gasteiger partial charge in [-0.05, 0) is 50.5 Å². The fourth-order valence-corrected chi connectivity index (χ4v) is 2.30. The van der Waals surface area contributed by atoms with Crippen LogP contribution in [0, 0.1) is 11.6 Å². The maximum atomic E-state index is 13.2. The van der Waals surface area contributed by atoms with Crippen molar-refractivity contribution in [1.82, 2.24) is 10.6 Å². The van der Waals surface area contributed by atoms with E-state index in [0.29, 0.717) is 12.3 Å². The number of hydrogen-bond donors (Lipinski definition) is 5. The van der Waals surface area contributed by atoms with E-state index in [1.807, 2.05) is 0 Å². The fourth-order valence-electron chi connectivity index (χ4n) is 2.30. The first-order valence-electron chi connectivity index (χ1n) is 9.50. The van der Waals surface area contributed by atoms with Gasteiger partial charge in [-0.2, -0.15) is 0 Å². The number of aromatic hydroxyl groups is 1. The van der Waals surface area contributed by atoms with E-state index in [1.54, 1.807) is 14.1 Å². The summed E-state index contributed by atoms with van der Waals surface area (Å²) in [6.07, 6.45) is -1.79. The zero-order valence-electron chi connectivity index (χ0n) is 18.7. The molecule has 5 N–H and O–H groups in total. The molecule has 0 amide bonds. The van der Waals surface area contributed by atoms with Gasteiger partial charge in [0.25, 0.3) is 0 Å². The Kier molecular flexibility index (Phi) is 23.3. The van der Waals surface area contributed by atoms with Gasteiger partial charge in [0.2, 0.25) is 0 Å². The van der Waals surface area contributed by atoms with Crippen molar-refractivity contribution in [3.63, 3.8) is 0 Å². The molecule has 0 unspecified atom stereocenters. The standard InChI is InChI=1S/C10H14FNO2.C9H12FNO2.CH2Cl2.BBr3/c1-12-6-10(13)8-5-7(14-2)3-4-9(8)11;1-11-5-9(13)7-4-6(12)2-3-8(7)10;2-1-3;2-1(3)4/h3-5,10,12-13H,6H2,1-2H3;2-4,9,11-13H,5H2,1H3;1H2;/t10-;9-;;/m00../s1. The Bertz CT molecular complexity index is 803. The molecule has 0 aliphatic carbocycles. The third-order valence-corrected chi connectivity index (χ3v) is 3.70.